The fraction of sp³-hybridized carbons (Fsp3) is 0.500. The van der Waals surface area contributed by atoms with Gasteiger partial charge < -0.3 is 10.6 Å². The van der Waals surface area contributed by atoms with E-state index < -0.39 is 15.7 Å². The lowest BCUT2D eigenvalue weighted by atomic mass is 10.1. The molecule has 23 heavy (non-hydrogen) atoms. The van der Waals surface area contributed by atoms with Crippen LogP contribution in [0.5, 0.6) is 0 Å². The maximum absolute atomic E-state index is 12.1. The number of hydrogen-bond acceptors (Lipinski definition) is 2. The number of halogens is 3. The number of alkyl halides is 2. The van der Waals surface area contributed by atoms with Gasteiger partial charge in [0.05, 0.1) is 18.5 Å². The summed E-state index contributed by atoms with van der Waals surface area (Å²) in [6.45, 7) is 5.38. The van der Waals surface area contributed by atoms with Crippen molar-refractivity contribution in [3.05, 3.63) is 34.9 Å². The van der Waals surface area contributed by atoms with Crippen LogP contribution in [0, 0.1) is 11.3 Å². The van der Waals surface area contributed by atoms with Gasteiger partial charge in [0.2, 0.25) is 11.8 Å². The minimum atomic E-state index is -1.08. The first kappa shape index (κ1) is 18.4. The summed E-state index contributed by atoms with van der Waals surface area (Å²) in [6.07, 6.45) is 0. The lowest BCUT2D eigenvalue weighted by Crippen LogP contribution is -2.39. The van der Waals surface area contributed by atoms with Gasteiger partial charge in [-0.25, -0.2) is 0 Å². The van der Waals surface area contributed by atoms with Crippen molar-refractivity contribution in [3.8, 4) is 0 Å². The Morgan fingerprint density at radius 3 is 2.22 bits per heavy atom. The third kappa shape index (κ3) is 3.76. The van der Waals surface area contributed by atoms with Crippen LogP contribution in [0.15, 0.2) is 24.3 Å². The van der Waals surface area contributed by atoms with Crippen LogP contribution >= 0.6 is 34.8 Å². The monoisotopic (exact) mass is 376 g/mol. The first-order valence-electron chi connectivity index (χ1n) is 7.27. The standard InChI is InChI=1S/C16H19Cl3N2O2/c1-9(10-4-6-11(17)7-5-10)21-12(22)8-20-14(23)13-15(2,3)16(13,18)19/h4-7,9,13H,8H2,1-3H3,(H,20,23)(H,21,22). The molecule has 1 aliphatic rings. The van der Waals surface area contributed by atoms with Crippen LogP contribution in [0.1, 0.15) is 32.4 Å². The van der Waals surface area contributed by atoms with Gasteiger partial charge in [-0.1, -0.05) is 37.6 Å². The fourth-order valence-electron chi connectivity index (χ4n) is 2.55. The predicted octanol–water partition coefficient (Wildman–Crippen LogP) is 3.46. The molecule has 0 saturated heterocycles. The fourth-order valence-corrected chi connectivity index (χ4v) is 3.53. The van der Waals surface area contributed by atoms with Gasteiger partial charge in [0.15, 0.2) is 0 Å². The number of hydrogen-bond donors (Lipinski definition) is 2. The molecule has 0 bridgehead atoms. The largest absolute Gasteiger partial charge is 0.348 e. The lowest BCUT2D eigenvalue weighted by Gasteiger charge is -2.15. The Kier molecular flexibility index (Phi) is 5.19. The molecule has 2 rings (SSSR count). The molecule has 7 heteroatoms. The summed E-state index contributed by atoms with van der Waals surface area (Å²) in [5, 5.41) is 6.03. The molecule has 2 unspecified atom stereocenters. The van der Waals surface area contributed by atoms with Crippen LogP contribution in [0.3, 0.4) is 0 Å². The number of benzene rings is 1. The zero-order chi connectivity index (χ0) is 17.4. The molecule has 1 saturated carbocycles. The third-order valence-corrected chi connectivity index (χ3v) is 5.96. The quantitative estimate of drug-likeness (QED) is 0.772. The second-order valence-electron chi connectivity index (χ2n) is 6.34. The highest BCUT2D eigenvalue weighted by Gasteiger charge is 2.73. The van der Waals surface area contributed by atoms with Crippen molar-refractivity contribution in [3.63, 3.8) is 0 Å². The molecule has 1 fully saturated rings. The highest BCUT2D eigenvalue weighted by Crippen LogP contribution is 2.68. The van der Waals surface area contributed by atoms with Crippen LogP contribution in [0.2, 0.25) is 5.02 Å². The van der Waals surface area contributed by atoms with E-state index in [1.807, 2.05) is 32.9 Å². The molecule has 4 nitrogen and oxygen atoms in total. The van der Waals surface area contributed by atoms with Crippen LogP contribution in [0.4, 0.5) is 0 Å². The predicted molar refractivity (Wildman–Crippen MR) is 92.7 cm³/mol. The molecule has 1 aromatic rings. The van der Waals surface area contributed by atoms with E-state index in [-0.39, 0.29) is 24.4 Å². The summed E-state index contributed by atoms with van der Waals surface area (Å²) in [5.74, 6) is -1.11. The molecule has 2 atom stereocenters. The number of carbonyl (C=O) groups is 2. The molecule has 0 aromatic heterocycles. The van der Waals surface area contributed by atoms with Crippen molar-refractivity contribution in [2.45, 2.75) is 31.1 Å². The van der Waals surface area contributed by atoms with Crippen molar-refractivity contribution >= 4 is 46.6 Å². The highest BCUT2D eigenvalue weighted by molar-refractivity contribution is 6.53. The van der Waals surface area contributed by atoms with E-state index in [4.69, 9.17) is 34.8 Å². The Morgan fingerprint density at radius 1 is 1.22 bits per heavy atom. The SMILES string of the molecule is CC(NC(=O)CNC(=O)C1C(C)(C)C1(Cl)Cl)c1ccc(Cl)cc1. The molecular formula is C16H19Cl3N2O2. The minimum absolute atomic E-state index is 0.118. The van der Waals surface area contributed by atoms with Crippen LogP contribution in [-0.4, -0.2) is 22.7 Å². The Bertz CT molecular complexity index is 600. The summed E-state index contributed by atoms with van der Waals surface area (Å²) >= 11 is 18.0. The molecule has 126 valence electrons. The number of rotatable bonds is 5. The van der Waals surface area contributed by atoms with Gasteiger partial charge in [-0.05, 0) is 24.6 Å². The maximum atomic E-state index is 12.1. The molecule has 2 amide bonds. The van der Waals surface area contributed by atoms with Crippen molar-refractivity contribution in [1.29, 1.82) is 0 Å². The van der Waals surface area contributed by atoms with Gasteiger partial charge in [0.25, 0.3) is 0 Å². The molecule has 0 heterocycles. The molecule has 2 N–H and O–H groups in total. The van der Waals surface area contributed by atoms with Gasteiger partial charge in [-0.2, -0.15) is 0 Å². The Balaban J connectivity index is 1.82. The first-order valence-corrected chi connectivity index (χ1v) is 8.41. The normalized spacial score (nSPS) is 22.1. The van der Waals surface area contributed by atoms with Gasteiger partial charge in [0.1, 0.15) is 4.33 Å². The van der Waals surface area contributed by atoms with Crippen molar-refractivity contribution in [2.24, 2.45) is 11.3 Å². The summed E-state index contributed by atoms with van der Waals surface area (Å²) in [4.78, 5) is 24.0. The summed E-state index contributed by atoms with van der Waals surface area (Å²) < 4.78 is -1.08. The average molecular weight is 378 g/mol. The molecular weight excluding hydrogens is 359 g/mol. The van der Waals surface area contributed by atoms with Crippen molar-refractivity contribution < 1.29 is 9.59 Å². The van der Waals surface area contributed by atoms with E-state index in [1.165, 1.54) is 0 Å². The van der Waals surface area contributed by atoms with Crippen LogP contribution in [0.25, 0.3) is 0 Å². The number of amides is 2. The van der Waals surface area contributed by atoms with E-state index in [0.29, 0.717) is 5.02 Å². The topological polar surface area (TPSA) is 58.2 Å². The van der Waals surface area contributed by atoms with E-state index in [1.54, 1.807) is 12.1 Å². The maximum Gasteiger partial charge on any atom is 0.239 e. The average Bonchev–Trinajstić information content (AvgIpc) is 2.86. The van der Waals surface area contributed by atoms with Crippen LogP contribution < -0.4 is 10.6 Å². The molecule has 0 spiro atoms. The summed E-state index contributed by atoms with van der Waals surface area (Å²) in [5.41, 5.74) is 0.436. The molecule has 1 aliphatic carbocycles. The molecule has 1 aromatic carbocycles. The van der Waals surface area contributed by atoms with Gasteiger partial charge >= 0.3 is 0 Å². The number of carbonyl (C=O) groups excluding carboxylic acids is 2. The van der Waals surface area contributed by atoms with E-state index >= 15 is 0 Å². The highest BCUT2D eigenvalue weighted by atomic mass is 35.5. The first-order chi connectivity index (χ1) is 10.6. The lowest BCUT2D eigenvalue weighted by molar-refractivity contribution is -0.127. The van der Waals surface area contributed by atoms with Gasteiger partial charge in [0, 0.05) is 10.4 Å². The van der Waals surface area contributed by atoms with E-state index in [0.717, 1.165) is 5.56 Å². The Hall–Kier alpha value is -0.970. The Morgan fingerprint density at radius 2 is 1.74 bits per heavy atom. The summed E-state index contributed by atoms with van der Waals surface area (Å²) in [7, 11) is 0. The van der Waals surface area contributed by atoms with E-state index in [2.05, 4.69) is 10.6 Å². The third-order valence-electron chi connectivity index (χ3n) is 4.29. The van der Waals surface area contributed by atoms with Crippen molar-refractivity contribution in [1.82, 2.24) is 10.6 Å². The van der Waals surface area contributed by atoms with E-state index in [9.17, 15) is 9.59 Å². The zero-order valence-corrected chi connectivity index (χ0v) is 15.4. The summed E-state index contributed by atoms with van der Waals surface area (Å²) in [6, 6.07) is 7.02. The Labute approximate surface area is 150 Å². The second-order valence-corrected chi connectivity index (χ2v) is 8.16. The van der Waals surface area contributed by atoms with Crippen molar-refractivity contribution in [2.75, 3.05) is 6.54 Å². The smallest absolute Gasteiger partial charge is 0.239 e. The van der Waals surface area contributed by atoms with Gasteiger partial charge in [-0.15, -0.1) is 23.2 Å². The zero-order valence-electron chi connectivity index (χ0n) is 13.1. The van der Waals surface area contributed by atoms with Gasteiger partial charge in [-0.3, -0.25) is 9.59 Å². The minimum Gasteiger partial charge on any atom is -0.348 e. The molecule has 0 radical (unpaired) electrons. The second kappa shape index (κ2) is 6.50. The number of nitrogens with one attached hydrogen (secondary N) is 2. The van der Waals surface area contributed by atoms with Crippen LogP contribution in [-0.2, 0) is 9.59 Å². The molecule has 0 aliphatic heterocycles.